The number of carbonyl (C=O) groups is 2. The van der Waals surface area contributed by atoms with Crippen molar-refractivity contribution in [2.75, 3.05) is 6.54 Å². The lowest BCUT2D eigenvalue weighted by Crippen LogP contribution is -2.31. The first-order valence-electron chi connectivity index (χ1n) is 7.76. The molecule has 120 valence electrons. The fourth-order valence-electron chi connectivity index (χ4n) is 2.15. The highest BCUT2D eigenvalue weighted by molar-refractivity contribution is 5.80. The normalized spacial score (nSPS) is 10.1. The lowest BCUT2D eigenvalue weighted by atomic mass is 10.1. The average molecular weight is 310 g/mol. The Balaban J connectivity index is 1.62. The van der Waals surface area contributed by atoms with E-state index in [0.29, 0.717) is 19.5 Å². The summed E-state index contributed by atoms with van der Waals surface area (Å²) in [5.74, 6) is -0.131. The van der Waals surface area contributed by atoms with Crippen molar-refractivity contribution in [3.63, 3.8) is 0 Å². The fraction of sp³-hybridized carbons (Fsp3) is 0.263. The molecule has 0 aliphatic heterocycles. The summed E-state index contributed by atoms with van der Waals surface area (Å²) in [7, 11) is 0. The fourth-order valence-corrected chi connectivity index (χ4v) is 2.15. The number of carbonyl (C=O) groups excluding carboxylic acids is 2. The number of benzene rings is 2. The summed E-state index contributed by atoms with van der Waals surface area (Å²) in [6.07, 6.45) is 0.623. The van der Waals surface area contributed by atoms with Crippen LogP contribution >= 0.6 is 0 Å². The first-order chi connectivity index (χ1) is 11.1. The smallest absolute Gasteiger partial charge is 0.224 e. The summed E-state index contributed by atoms with van der Waals surface area (Å²) >= 11 is 0. The van der Waals surface area contributed by atoms with Crippen LogP contribution in [0.4, 0.5) is 0 Å². The maximum absolute atomic E-state index is 11.8. The summed E-state index contributed by atoms with van der Waals surface area (Å²) < 4.78 is 0. The molecule has 23 heavy (non-hydrogen) atoms. The third kappa shape index (κ3) is 6.34. The van der Waals surface area contributed by atoms with Crippen LogP contribution in [0.2, 0.25) is 0 Å². The molecule has 2 N–H and O–H groups in total. The molecule has 2 aromatic carbocycles. The number of nitrogens with one attached hydrogen (secondary N) is 2. The van der Waals surface area contributed by atoms with Crippen LogP contribution in [0.1, 0.15) is 23.1 Å². The van der Waals surface area contributed by atoms with E-state index < -0.39 is 0 Å². The topological polar surface area (TPSA) is 58.2 Å². The monoisotopic (exact) mass is 310 g/mol. The van der Waals surface area contributed by atoms with Gasteiger partial charge in [0.15, 0.2) is 0 Å². The van der Waals surface area contributed by atoms with Crippen LogP contribution in [0.3, 0.4) is 0 Å². The quantitative estimate of drug-likeness (QED) is 0.825. The maximum atomic E-state index is 11.8. The summed E-state index contributed by atoms with van der Waals surface area (Å²) in [6.45, 7) is 2.89. The molecule has 0 aliphatic carbocycles. The van der Waals surface area contributed by atoms with Gasteiger partial charge in [-0.2, -0.15) is 0 Å². The minimum Gasteiger partial charge on any atom is -0.355 e. The second kappa shape index (κ2) is 8.73. The Labute approximate surface area is 136 Å². The van der Waals surface area contributed by atoms with E-state index in [9.17, 15) is 9.59 Å². The van der Waals surface area contributed by atoms with E-state index >= 15 is 0 Å². The van der Waals surface area contributed by atoms with Gasteiger partial charge >= 0.3 is 0 Å². The molecule has 0 spiro atoms. The van der Waals surface area contributed by atoms with Crippen molar-refractivity contribution in [3.05, 3.63) is 71.3 Å². The molecule has 0 saturated carbocycles. The van der Waals surface area contributed by atoms with Crippen molar-refractivity contribution in [3.8, 4) is 0 Å². The van der Waals surface area contributed by atoms with E-state index in [-0.39, 0.29) is 18.2 Å². The Bertz CT molecular complexity index is 636. The predicted octanol–water partition coefficient (Wildman–Crippen LogP) is 2.36. The Morgan fingerprint density at radius 2 is 1.52 bits per heavy atom. The van der Waals surface area contributed by atoms with E-state index in [4.69, 9.17) is 0 Å². The van der Waals surface area contributed by atoms with E-state index in [2.05, 4.69) is 10.6 Å². The second-order valence-electron chi connectivity index (χ2n) is 5.52. The molecule has 0 radical (unpaired) electrons. The van der Waals surface area contributed by atoms with Gasteiger partial charge in [0, 0.05) is 19.5 Å². The van der Waals surface area contributed by atoms with E-state index in [0.717, 1.165) is 11.1 Å². The van der Waals surface area contributed by atoms with Gasteiger partial charge in [0.05, 0.1) is 6.42 Å². The molecule has 2 aromatic rings. The second-order valence-corrected chi connectivity index (χ2v) is 5.52. The van der Waals surface area contributed by atoms with Gasteiger partial charge in [0.1, 0.15) is 0 Å². The van der Waals surface area contributed by atoms with Gasteiger partial charge in [-0.25, -0.2) is 0 Å². The zero-order valence-electron chi connectivity index (χ0n) is 13.3. The third-order valence-electron chi connectivity index (χ3n) is 3.49. The van der Waals surface area contributed by atoms with E-state index in [1.54, 1.807) is 0 Å². The molecule has 0 aromatic heterocycles. The molecular formula is C19H22N2O2. The van der Waals surface area contributed by atoms with Gasteiger partial charge in [-0.15, -0.1) is 0 Å². The number of amides is 2. The molecule has 0 bridgehead atoms. The van der Waals surface area contributed by atoms with Crippen molar-refractivity contribution in [2.24, 2.45) is 0 Å². The van der Waals surface area contributed by atoms with Gasteiger partial charge in [0.25, 0.3) is 0 Å². The van der Waals surface area contributed by atoms with E-state index in [1.807, 2.05) is 61.5 Å². The highest BCUT2D eigenvalue weighted by Gasteiger charge is 2.05. The van der Waals surface area contributed by atoms with Crippen LogP contribution in [0, 0.1) is 6.92 Å². The van der Waals surface area contributed by atoms with Crippen molar-refractivity contribution in [2.45, 2.75) is 26.3 Å². The average Bonchev–Trinajstić information content (AvgIpc) is 2.55. The molecule has 0 heterocycles. The third-order valence-corrected chi connectivity index (χ3v) is 3.49. The number of hydrogen-bond donors (Lipinski definition) is 2. The molecule has 4 heteroatoms. The highest BCUT2D eigenvalue weighted by Crippen LogP contribution is 2.02. The summed E-state index contributed by atoms with van der Waals surface area (Å²) in [5, 5.41) is 5.62. The van der Waals surface area contributed by atoms with Crippen LogP contribution < -0.4 is 10.6 Å². The molecule has 2 amide bonds. The zero-order chi connectivity index (χ0) is 16.5. The lowest BCUT2D eigenvalue weighted by Gasteiger charge is -2.07. The van der Waals surface area contributed by atoms with Crippen LogP contribution in [-0.2, 0) is 22.6 Å². The first kappa shape index (κ1) is 16.7. The van der Waals surface area contributed by atoms with Crippen LogP contribution in [-0.4, -0.2) is 18.4 Å². The molecule has 0 aliphatic rings. The molecule has 0 saturated heterocycles. The van der Waals surface area contributed by atoms with Gasteiger partial charge in [-0.05, 0) is 18.1 Å². The zero-order valence-corrected chi connectivity index (χ0v) is 13.3. The van der Waals surface area contributed by atoms with Gasteiger partial charge in [-0.1, -0.05) is 60.2 Å². The largest absolute Gasteiger partial charge is 0.355 e. The highest BCUT2D eigenvalue weighted by atomic mass is 16.2. The first-order valence-corrected chi connectivity index (χ1v) is 7.76. The van der Waals surface area contributed by atoms with Gasteiger partial charge in [-0.3, -0.25) is 9.59 Å². The maximum Gasteiger partial charge on any atom is 0.224 e. The molecule has 0 unspecified atom stereocenters. The Hall–Kier alpha value is -2.62. The summed E-state index contributed by atoms with van der Waals surface area (Å²) in [5.41, 5.74) is 3.23. The molecule has 0 fully saturated rings. The van der Waals surface area contributed by atoms with Crippen LogP contribution in [0.5, 0.6) is 0 Å². The molecular weight excluding hydrogens is 288 g/mol. The van der Waals surface area contributed by atoms with Crippen molar-refractivity contribution in [1.82, 2.24) is 10.6 Å². The Morgan fingerprint density at radius 3 is 2.22 bits per heavy atom. The van der Waals surface area contributed by atoms with Crippen LogP contribution in [0.25, 0.3) is 0 Å². The minimum atomic E-state index is -0.0671. The van der Waals surface area contributed by atoms with Crippen molar-refractivity contribution < 1.29 is 9.59 Å². The summed E-state index contributed by atoms with van der Waals surface area (Å²) in [6, 6.07) is 17.6. The predicted molar refractivity (Wildman–Crippen MR) is 90.8 cm³/mol. The van der Waals surface area contributed by atoms with Gasteiger partial charge < -0.3 is 10.6 Å². The van der Waals surface area contributed by atoms with E-state index in [1.165, 1.54) is 5.56 Å². The standard InChI is InChI=1S/C19H22N2O2/c1-15-7-9-17(10-8-15)14-21-18(22)11-12-20-19(23)13-16-5-3-2-4-6-16/h2-10H,11-14H2,1H3,(H,20,23)(H,21,22). The van der Waals surface area contributed by atoms with Gasteiger partial charge in [0.2, 0.25) is 11.8 Å². The van der Waals surface area contributed by atoms with Crippen LogP contribution in [0.15, 0.2) is 54.6 Å². The molecule has 4 nitrogen and oxygen atoms in total. The Morgan fingerprint density at radius 1 is 0.826 bits per heavy atom. The SMILES string of the molecule is Cc1ccc(CNC(=O)CCNC(=O)Cc2ccccc2)cc1. The molecule has 2 rings (SSSR count). The van der Waals surface area contributed by atoms with Crippen molar-refractivity contribution in [1.29, 1.82) is 0 Å². The summed E-state index contributed by atoms with van der Waals surface area (Å²) in [4.78, 5) is 23.5. The number of rotatable bonds is 7. The number of hydrogen-bond acceptors (Lipinski definition) is 2. The lowest BCUT2D eigenvalue weighted by molar-refractivity contribution is -0.122. The minimum absolute atomic E-state index is 0.0643. The number of aryl methyl sites for hydroxylation is 1. The Kier molecular flexibility index (Phi) is 6.36. The van der Waals surface area contributed by atoms with Crippen molar-refractivity contribution >= 4 is 11.8 Å². The molecule has 0 atom stereocenters.